The molecule has 4 rings (SSSR count). The van der Waals surface area contributed by atoms with Gasteiger partial charge in [0, 0.05) is 18.0 Å². The van der Waals surface area contributed by atoms with Gasteiger partial charge in [-0.15, -0.1) is 12.4 Å². The lowest BCUT2D eigenvalue weighted by Gasteiger charge is -2.32. The van der Waals surface area contributed by atoms with Crippen LogP contribution in [0.15, 0.2) is 42.5 Å². The molecule has 6 nitrogen and oxygen atoms in total. The maximum atomic E-state index is 12.9. The van der Waals surface area contributed by atoms with Gasteiger partial charge in [-0.1, -0.05) is 30.3 Å². The number of likely N-dealkylation sites (tertiary alicyclic amines) is 1. The highest BCUT2D eigenvalue weighted by molar-refractivity contribution is 6.02. The number of benzene rings is 2. The van der Waals surface area contributed by atoms with Crippen LogP contribution in [0.25, 0.3) is 0 Å². The number of ketones is 1. The Balaban J connectivity index is 0.000000619. The Kier molecular flexibility index (Phi) is 11.3. The number of piperidine rings is 1. The van der Waals surface area contributed by atoms with Gasteiger partial charge in [0.15, 0.2) is 17.3 Å². The summed E-state index contributed by atoms with van der Waals surface area (Å²) in [6.45, 7) is 4.66. The highest BCUT2D eigenvalue weighted by Gasteiger charge is 2.34. The molecule has 2 aliphatic rings. The van der Waals surface area contributed by atoms with E-state index in [1.54, 1.807) is 14.2 Å². The van der Waals surface area contributed by atoms with Crippen molar-refractivity contribution in [2.75, 3.05) is 33.9 Å². The summed E-state index contributed by atoms with van der Waals surface area (Å²) in [5, 5.41) is 16.0. The number of fused-ring (bicyclic) bond motifs is 1. The van der Waals surface area contributed by atoms with Crippen molar-refractivity contribution in [1.29, 1.82) is 0 Å². The fourth-order valence-electron chi connectivity index (χ4n) is 4.71. The van der Waals surface area contributed by atoms with E-state index in [0.29, 0.717) is 17.4 Å². The van der Waals surface area contributed by atoms with Crippen LogP contribution in [-0.4, -0.2) is 60.9 Å². The number of halogens is 1. The van der Waals surface area contributed by atoms with Gasteiger partial charge in [-0.25, -0.2) is 0 Å². The van der Waals surface area contributed by atoms with Crippen LogP contribution in [0.2, 0.25) is 0 Å². The molecule has 2 aromatic carbocycles. The summed E-state index contributed by atoms with van der Waals surface area (Å²) < 4.78 is 10.8. The van der Waals surface area contributed by atoms with Gasteiger partial charge in [0.25, 0.3) is 0 Å². The molecule has 0 saturated carbocycles. The van der Waals surface area contributed by atoms with Gasteiger partial charge in [-0.3, -0.25) is 9.69 Å². The van der Waals surface area contributed by atoms with Gasteiger partial charge < -0.3 is 19.7 Å². The second-order valence-corrected chi connectivity index (χ2v) is 9.10. The minimum atomic E-state index is -0.560. The Hall–Kier alpha value is -2.12. The molecule has 7 heteroatoms. The largest absolute Gasteiger partial charge is 0.493 e. The highest BCUT2D eigenvalue weighted by Crippen LogP contribution is 2.39. The van der Waals surface area contributed by atoms with E-state index in [9.17, 15) is 4.79 Å². The number of hydrogen-bond donors (Lipinski definition) is 2. The first-order valence-corrected chi connectivity index (χ1v) is 11.8. The van der Waals surface area contributed by atoms with Crippen LogP contribution in [0, 0.1) is 11.8 Å². The third kappa shape index (κ3) is 7.44. The maximum absolute atomic E-state index is 12.9. The van der Waals surface area contributed by atoms with Crippen LogP contribution in [-0.2, 0) is 13.0 Å². The average Bonchev–Trinajstić information content (AvgIpc) is 3.14. The Morgan fingerprint density at radius 2 is 1.65 bits per heavy atom. The van der Waals surface area contributed by atoms with Crippen LogP contribution in [0.4, 0.5) is 0 Å². The molecule has 2 aromatic rings. The van der Waals surface area contributed by atoms with Crippen molar-refractivity contribution in [1.82, 2.24) is 4.90 Å². The van der Waals surface area contributed by atoms with E-state index in [1.807, 2.05) is 12.1 Å². The molecule has 2 atom stereocenters. The molecule has 0 bridgehead atoms. The summed E-state index contributed by atoms with van der Waals surface area (Å²) in [6.07, 6.45) is 3.63. The van der Waals surface area contributed by atoms with Gasteiger partial charge in [-0.05, 0) is 74.9 Å². The lowest BCUT2D eigenvalue weighted by molar-refractivity contribution is 0.0895. The molecular weight excluding hydrogens is 454 g/mol. The molecule has 1 fully saturated rings. The van der Waals surface area contributed by atoms with E-state index < -0.39 is 6.10 Å². The topological polar surface area (TPSA) is 79.2 Å². The maximum Gasteiger partial charge on any atom is 0.166 e. The predicted molar refractivity (Wildman–Crippen MR) is 136 cm³/mol. The molecule has 188 valence electrons. The quantitative estimate of drug-likeness (QED) is 0.606. The van der Waals surface area contributed by atoms with Gasteiger partial charge >= 0.3 is 0 Å². The molecule has 0 spiro atoms. The normalized spacial score (nSPS) is 18.9. The molecule has 2 unspecified atom stereocenters. The number of carbonyl (C=O) groups is 1. The van der Waals surface area contributed by atoms with E-state index >= 15 is 0 Å². The lowest BCUT2D eigenvalue weighted by Crippen LogP contribution is -2.34. The minimum absolute atomic E-state index is 0. The number of nitrogens with zero attached hydrogens (tertiary/aromatic N) is 1. The van der Waals surface area contributed by atoms with Crippen molar-refractivity contribution < 1.29 is 24.5 Å². The Morgan fingerprint density at radius 1 is 1.06 bits per heavy atom. The molecule has 2 N–H and O–H groups in total. The number of aliphatic hydroxyl groups is 2. The SMILES string of the molecule is CC(O)CO.COc1cc2c(cc1OC)C(=O)C(CC1CCN(Cc3ccccc3)CC1)C2.Cl. The van der Waals surface area contributed by atoms with Crippen LogP contribution < -0.4 is 9.47 Å². The molecule has 1 heterocycles. The zero-order valence-corrected chi connectivity index (χ0v) is 21.2. The highest BCUT2D eigenvalue weighted by atomic mass is 35.5. The third-order valence-electron chi connectivity index (χ3n) is 6.55. The van der Waals surface area contributed by atoms with Gasteiger partial charge in [0.05, 0.1) is 26.9 Å². The summed E-state index contributed by atoms with van der Waals surface area (Å²) in [5.74, 6) is 2.38. The van der Waals surface area contributed by atoms with E-state index in [4.69, 9.17) is 19.7 Å². The van der Waals surface area contributed by atoms with Crippen molar-refractivity contribution in [2.45, 2.75) is 45.3 Å². The second kappa shape index (κ2) is 13.7. The summed E-state index contributed by atoms with van der Waals surface area (Å²) in [5.41, 5.74) is 3.31. The van der Waals surface area contributed by atoms with Gasteiger partial charge in [0.2, 0.25) is 0 Å². The number of methoxy groups -OCH3 is 2. The molecular formula is C27H38ClNO5. The molecule has 34 heavy (non-hydrogen) atoms. The first kappa shape index (κ1) is 28.1. The van der Waals surface area contributed by atoms with E-state index in [-0.39, 0.29) is 30.7 Å². The third-order valence-corrected chi connectivity index (χ3v) is 6.55. The van der Waals surface area contributed by atoms with Crippen LogP contribution >= 0.6 is 12.4 Å². The van der Waals surface area contributed by atoms with Crippen molar-refractivity contribution in [3.8, 4) is 11.5 Å². The Labute approximate surface area is 209 Å². The van der Waals surface area contributed by atoms with E-state index in [0.717, 1.165) is 43.6 Å². The molecule has 1 aliphatic heterocycles. The van der Waals surface area contributed by atoms with Gasteiger partial charge in [0.1, 0.15) is 0 Å². The lowest BCUT2D eigenvalue weighted by atomic mass is 9.85. The Morgan fingerprint density at radius 3 is 2.21 bits per heavy atom. The zero-order chi connectivity index (χ0) is 23.8. The van der Waals surface area contributed by atoms with E-state index in [2.05, 4.69) is 35.2 Å². The smallest absolute Gasteiger partial charge is 0.166 e. The fraction of sp³-hybridized carbons (Fsp3) is 0.519. The predicted octanol–water partition coefficient (Wildman–Crippen LogP) is 4.14. The average molecular weight is 492 g/mol. The molecule has 1 aliphatic carbocycles. The Bertz CT molecular complexity index is 897. The number of Topliss-reactive ketones (excluding diaryl/α,β-unsaturated/α-hetero) is 1. The number of rotatable bonds is 7. The van der Waals surface area contributed by atoms with E-state index in [1.165, 1.54) is 25.3 Å². The summed E-state index contributed by atoms with van der Waals surface area (Å²) in [4.78, 5) is 15.5. The van der Waals surface area contributed by atoms with Crippen molar-refractivity contribution in [2.24, 2.45) is 11.8 Å². The zero-order valence-electron chi connectivity index (χ0n) is 20.4. The van der Waals surface area contributed by atoms with Crippen LogP contribution in [0.1, 0.15) is 47.7 Å². The number of ether oxygens (including phenoxy) is 2. The molecule has 0 aromatic heterocycles. The second-order valence-electron chi connectivity index (χ2n) is 9.10. The fourth-order valence-corrected chi connectivity index (χ4v) is 4.71. The monoisotopic (exact) mass is 491 g/mol. The summed E-state index contributed by atoms with van der Waals surface area (Å²) >= 11 is 0. The first-order chi connectivity index (χ1) is 15.9. The van der Waals surface area contributed by atoms with Crippen molar-refractivity contribution >= 4 is 18.2 Å². The summed E-state index contributed by atoms with van der Waals surface area (Å²) in [6, 6.07) is 14.5. The van der Waals surface area contributed by atoms with Gasteiger partial charge in [-0.2, -0.15) is 0 Å². The molecule has 0 amide bonds. The number of carbonyl (C=O) groups excluding carboxylic acids is 1. The molecule has 0 radical (unpaired) electrons. The van der Waals surface area contributed by atoms with Crippen molar-refractivity contribution in [3.63, 3.8) is 0 Å². The van der Waals surface area contributed by atoms with Crippen molar-refractivity contribution in [3.05, 3.63) is 59.2 Å². The number of hydrogen-bond acceptors (Lipinski definition) is 6. The molecule has 1 saturated heterocycles. The van der Waals surface area contributed by atoms with Crippen LogP contribution in [0.5, 0.6) is 11.5 Å². The summed E-state index contributed by atoms with van der Waals surface area (Å²) in [7, 11) is 3.26. The number of aliphatic hydroxyl groups excluding tert-OH is 2. The minimum Gasteiger partial charge on any atom is -0.493 e. The standard InChI is InChI=1S/C24H29NO3.C3H8O2.ClH/c1-27-22-14-19-13-20(24(26)21(19)15-23(22)28-2)12-17-8-10-25(11-9-17)16-18-6-4-3-5-7-18;1-3(5)2-4;/h3-7,14-15,17,20H,8-13,16H2,1-2H3;3-5H,2H2,1H3;1H. The first-order valence-electron chi connectivity index (χ1n) is 11.8. The van der Waals surface area contributed by atoms with Crippen LogP contribution in [0.3, 0.4) is 0 Å².